The van der Waals surface area contributed by atoms with Crippen molar-refractivity contribution in [1.29, 1.82) is 0 Å². The first-order chi connectivity index (χ1) is 7.18. The predicted octanol–water partition coefficient (Wildman–Crippen LogP) is 5.66. The molecule has 0 aliphatic carbocycles. The zero-order chi connectivity index (χ0) is 11.1. The van der Waals surface area contributed by atoms with E-state index in [1.54, 1.807) is 0 Å². The minimum absolute atomic E-state index is 1.11. The molecule has 0 saturated carbocycles. The molecule has 78 valence electrons. The van der Waals surface area contributed by atoms with Crippen LogP contribution in [0.3, 0.4) is 0 Å². The molecule has 0 aliphatic rings. The van der Waals surface area contributed by atoms with Gasteiger partial charge in [-0.1, -0.05) is 66.0 Å². The molecule has 0 fully saturated rings. The van der Waals surface area contributed by atoms with Crippen molar-refractivity contribution in [3.8, 4) is 0 Å². The number of hydrogen-bond acceptors (Lipinski definition) is 0. The fraction of sp³-hybridized carbons (Fsp3) is 0. The van der Waals surface area contributed by atoms with E-state index in [1.807, 2.05) is 54.6 Å². The van der Waals surface area contributed by atoms with Crippen LogP contribution in [-0.2, 0) is 0 Å². The molecule has 0 heterocycles. The Labute approximate surface area is 115 Å². The summed E-state index contributed by atoms with van der Waals surface area (Å²) in [7, 11) is 0. The molecule has 2 aromatic carbocycles. The van der Waals surface area contributed by atoms with Gasteiger partial charge in [0.15, 0.2) is 0 Å². The van der Waals surface area contributed by atoms with E-state index in [4.69, 9.17) is 0 Å². The summed E-state index contributed by atoms with van der Waals surface area (Å²) < 4.78 is 3.36. The fourth-order valence-corrected chi connectivity index (χ4v) is 1.68. The van der Waals surface area contributed by atoms with Gasteiger partial charge in [0.25, 0.3) is 0 Å². The Morgan fingerprint density at radius 3 is 1.07 bits per heavy atom. The molecular weight excluding hydrogens is 384 g/mol. The molecule has 0 spiro atoms. The molecule has 0 aromatic heterocycles. The number of benzene rings is 2. The molecule has 0 aliphatic heterocycles. The highest BCUT2D eigenvalue weighted by atomic mass is 79.9. The summed E-state index contributed by atoms with van der Waals surface area (Å²) in [5.41, 5.74) is 0. The van der Waals surface area contributed by atoms with Gasteiger partial charge in [-0.15, -0.1) is 0 Å². The number of hydrogen-bond donors (Lipinski definition) is 0. The van der Waals surface area contributed by atoms with E-state index in [1.165, 1.54) is 0 Å². The Morgan fingerprint density at radius 1 is 0.467 bits per heavy atom. The van der Waals surface area contributed by atoms with E-state index in [0.29, 0.717) is 0 Å². The third kappa shape index (κ3) is 6.13. The topological polar surface area (TPSA) is 0 Å². The van der Waals surface area contributed by atoms with E-state index < -0.39 is 0 Å². The summed E-state index contributed by atoms with van der Waals surface area (Å²) >= 11 is 9.96. The van der Waals surface area contributed by atoms with Crippen molar-refractivity contribution in [1.82, 2.24) is 0 Å². The van der Waals surface area contributed by atoms with Crippen LogP contribution < -0.4 is 0 Å². The van der Waals surface area contributed by atoms with Crippen molar-refractivity contribution in [2.75, 3.05) is 0 Å². The molecule has 15 heavy (non-hydrogen) atoms. The van der Waals surface area contributed by atoms with Crippen LogP contribution in [0.1, 0.15) is 0 Å². The lowest BCUT2D eigenvalue weighted by Gasteiger charge is -1.86. The quantitative estimate of drug-likeness (QED) is 0.542. The van der Waals surface area contributed by atoms with E-state index in [2.05, 4.69) is 47.8 Å². The molecule has 2 aromatic rings. The van der Waals surface area contributed by atoms with Gasteiger partial charge in [-0.05, 0) is 36.4 Å². The Bertz CT molecular complexity index is 360. The van der Waals surface area contributed by atoms with Crippen molar-refractivity contribution in [2.45, 2.75) is 0 Å². The minimum atomic E-state index is 1.11. The van der Waals surface area contributed by atoms with Gasteiger partial charge in [-0.25, -0.2) is 0 Å². The molecule has 0 atom stereocenters. The van der Waals surface area contributed by atoms with Crippen molar-refractivity contribution < 1.29 is 0 Å². The highest BCUT2D eigenvalue weighted by Gasteiger charge is 1.83. The monoisotopic (exact) mass is 390 g/mol. The Kier molecular flexibility index (Phi) is 6.22. The van der Waals surface area contributed by atoms with Crippen LogP contribution in [0.2, 0.25) is 0 Å². The molecule has 0 amide bonds. The average molecular weight is 393 g/mol. The highest BCUT2D eigenvalue weighted by Crippen LogP contribution is 2.14. The summed E-state index contributed by atoms with van der Waals surface area (Å²) in [4.78, 5) is 0. The molecule has 0 bridgehead atoms. The lowest BCUT2D eigenvalue weighted by atomic mass is 10.4. The van der Waals surface area contributed by atoms with Gasteiger partial charge in [0.2, 0.25) is 0 Å². The van der Waals surface area contributed by atoms with Crippen molar-refractivity contribution in [2.24, 2.45) is 0 Å². The average Bonchev–Trinajstić information content (AvgIpc) is 2.25. The summed E-state index contributed by atoms with van der Waals surface area (Å²) in [6.45, 7) is 0. The van der Waals surface area contributed by atoms with Gasteiger partial charge in [-0.3, -0.25) is 0 Å². The lowest BCUT2D eigenvalue weighted by molar-refractivity contribution is 1.61. The molecule has 2 rings (SSSR count). The molecule has 0 nitrogen and oxygen atoms in total. The van der Waals surface area contributed by atoms with Gasteiger partial charge in [0.05, 0.1) is 0 Å². The second kappa shape index (κ2) is 7.20. The SMILES string of the molecule is Brc1ccc(Br)cc1.Brc1ccccc1. The van der Waals surface area contributed by atoms with Crippen LogP contribution in [0.15, 0.2) is 68.0 Å². The van der Waals surface area contributed by atoms with E-state index in [9.17, 15) is 0 Å². The van der Waals surface area contributed by atoms with Gasteiger partial charge in [-0.2, -0.15) is 0 Å². The first-order valence-corrected chi connectivity index (χ1v) is 6.68. The van der Waals surface area contributed by atoms with Gasteiger partial charge in [0.1, 0.15) is 0 Å². The normalized spacial score (nSPS) is 9.00. The van der Waals surface area contributed by atoms with Crippen LogP contribution in [0.5, 0.6) is 0 Å². The van der Waals surface area contributed by atoms with Crippen LogP contribution in [0, 0.1) is 0 Å². The first-order valence-electron chi connectivity index (χ1n) is 4.30. The van der Waals surface area contributed by atoms with Gasteiger partial charge in [0, 0.05) is 13.4 Å². The van der Waals surface area contributed by atoms with Crippen LogP contribution >= 0.6 is 47.8 Å². The third-order valence-electron chi connectivity index (χ3n) is 1.54. The summed E-state index contributed by atoms with van der Waals surface area (Å²) in [6.07, 6.45) is 0. The maximum Gasteiger partial charge on any atom is 0.0176 e. The second-order valence-corrected chi connectivity index (χ2v) is 5.48. The van der Waals surface area contributed by atoms with Crippen molar-refractivity contribution in [3.05, 3.63) is 68.0 Å². The predicted molar refractivity (Wildman–Crippen MR) is 76.0 cm³/mol. The Hall–Kier alpha value is -0.120. The smallest absolute Gasteiger partial charge is 0.0176 e. The Morgan fingerprint density at radius 2 is 0.800 bits per heavy atom. The second-order valence-electron chi connectivity index (χ2n) is 2.73. The van der Waals surface area contributed by atoms with E-state index >= 15 is 0 Å². The van der Waals surface area contributed by atoms with E-state index in [0.717, 1.165) is 13.4 Å². The molecule has 0 saturated heterocycles. The largest absolute Gasteiger partial charge is 0.0622 e. The maximum absolute atomic E-state index is 3.32. The van der Waals surface area contributed by atoms with Crippen molar-refractivity contribution >= 4 is 47.8 Å². The van der Waals surface area contributed by atoms with Gasteiger partial charge >= 0.3 is 0 Å². The summed E-state index contributed by atoms with van der Waals surface area (Å²) in [5.74, 6) is 0. The maximum atomic E-state index is 3.32. The fourth-order valence-electron chi connectivity index (χ4n) is 0.844. The lowest BCUT2D eigenvalue weighted by Crippen LogP contribution is -1.61. The molecule has 0 radical (unpaired) electrons. The molecule has 0 unspecified atom stereocenters. The number of rotatable bonds is 0. The molecule has 3 heteroatoms. The third-order valence-corrected chi connectivity index (χ3v) is 3.12. The Balaban J connectivity index is 0.000000151. The van der Waals surface area contributed by atoms with Crippen LogP contribution in [0.25, 0.3) is 0 Å². The van der Waals surface area contributed by atoms with Crippen LogP contribution in [0.4, 0.5) is 0 Å². The minimum Gasteiger partial charge on any atom is -0.0622 e. The van der Waals surface area contributed by atoms with Gasteiger partial charge < -0.3 is 0 Å². The van der Waals surface area contributed by atoms with Crippen LogP contribution in [-0.4, -0.2) is 0 Å². The summed E-state index contributed by atoms with van der Waals surface area (Å²) in [6, 6.07) is 17.9. The zero-order valence-corrected chi connectivity index (χ0v) is 12.6. The highest BCUT2D eigenvalue weighted by molar-refractivity contribution is 9.11. The molecule has 0 N–H and O–H groups in total. The van der Waals surface area contributed by atoms with Crippen molar-refractivity contribution in [3.63, 3.8) is 0 Å². The molecular formula is C12H9Br3. The summed E-state index contributed by atoms with van der Waals surface area (Å²) in [5, 5.41) is 0. The number of halogens is 3. The first kappa shape index (κ1) is 12.9. The zero-order valence-electron chi connectivity index (χ0n) is 7.83. The standard InChI is InChI=1S/C6H4Br2.C6H5Br/c7-5-1-2-6(8)4-3-5;7-6-4-2-1-3-5-6/h1-4H;1-5H. The van der Waals surface area contributed by atoms with E-state index in [-0.39, 0.29) is 0 Å².